The molecule has 0 spiro atoms. The molecule has 0 bridgehead atoms. The molecule has 1 saturated heterocycles. The average Bonchev–Trinajstić information content (AvgIpc) is 2.56. The van der Waals surface area contributed by atoms with Crippen LogP contribution in [0.25, 0.3) is 0 Å². The molecule has 1 atom stereocenters. The van der Waals surface area contributed by atoms with Crippen LogP contribution in [0.4, 0.5) is 0 Å². The summed E-state index contributed by atoms with van der Waals surface area (Å²) in [6.45, 7) is 11.6. The van der Waals surface area contributed by atoms with Crippen LogP contribution in [0.3, 0.4) is 0 Å². The van der Waals surface area contributed by atoms with E-state index >= 15 is 0 Å². The molecule has 1 unspecified atom stereocenters. The Balaban J connectivity index is 1.87. The van der Waals surface area contributed by atoms with E-state index in [1.165, 1.54) is 0 Å². The molecule has 2 rings (SSSR count). The second-order valence-electron chi connectivity index (χ2n) is 7.18. The molecule has 3 nitrogen and oxygen atoms in total. The summed E-state index contributed by atoms with van der Waals surface area (Å²) >= 11 is 0. The molecule has 0 aromatic rings. The minimum Gasteiger partial charge on any atom is -0.367 e. The van der Waals surface area contributed by atoms with Crippen LogP contribution in [0.2, 0.25) is 0 Å². The van der Waals surface area contributed by atoms with Gasteiger partial charge in [-0.15, -0.1) is 0 Å². The largest absolute Gasteiger partial charge is 0.367 e. The normalized spacial score (nSPS) is 31.8. The minimum absolute atomic E-state index is 0.0819. The average molecular weight is 253 g/mol. The first-order chi connectivity index (χ1) is 8.27. The van der Waals surface area contributed by atoms with Crippen molar-refractivity contribution in [2.24, 2.45) is 5.92 Å². The molecule has 2 aliphatic rings. The first kappa shape index (κ1) is 14.0. The van der Waals surface area contributed by atoms with Crippen molar-refractivity contribution in [1.29, 1.82) is 0 Å². The molecule has 0 aromatic heterocycles. The Morgan fingerprint density at radius 3 is 2.33 bits per heavy atom. The number of hydrogen-bond acceptors (Lipinski definition) is 3. The van der Waals surface area contributed by atoms with Crippen LogP contribution in [0.1, 0.15) is 53.4 Å². The third-order valence-corrected chi connectivity index (χ3v) is 3.99. The van der Waals surface area contributed by atoms with E-state index in [0.29, 0.717) is 11.7 Å². The molecule has 1 saturated carbocycles. The smallest absolute Gasteiger partial charge is 0.136 e. The van der Waals surface area contributed by atoms with Gasteiger partial charge in [0.15, 0.2) is 0 Å². The number of ether oxygens (including phenoxy) is 1. The van der Waals surface area contributed by atoms with Crippen molar-refractivity contribution in [3.05, 3.63) is 0 Å². The molecule has 3 heteroatoms. The van der Waals surface area contributed by atoms with Crippen LogP contribution in [0.5, 0.6) is 0 Å². The number of carbonyl (C=O) groups is 1. The van der Waals surface area contributed by atoms with Gasteiger partial charge in [0.1, 0.15) is 5.78 Å². The summed E-state index contributed by atoms with van der Waals surface area (Å²) < 4.78 is 6.08. The molecule has 1 aliphatic heterocycles. The highest BCUT2D eigenvalue weighted by atomic mass is 16.5. The molecular formula is C15H27NO2. The monoisotopic (exact) mass is 253 g/mol. The summed E-state index contributed by atoms with van der Waals surface area (Å²) in [6.07, 6.45) is 4.05. The minimum atomic E-state index is -0.0819. The predicted octanol–water partition coefficient (Wildman–Crippen LogP) is 2.64. The van der Waals surface area contributed by atoms with Gasteiger partial charge in [-0.1, -0.05) is 0 Å². The molecule has 1 aliphatic carbocycles. The molecule has 0 N–H and O–H groups in total. The number of hydrogen-bond donors (Lipinski definition) is 0. The van der Waals surface area contributed by atoms with Gasteiger partial charge in [-0.05, 0) is 53.5 Å². The maximum Gasteiger partial charge on any atom is 0.136 e. The van der Waals surface area contributed by atoms with E-state index in [2.05, 4.69) is 32.6 Å². The highest BCUT2D eigenvalue weighted by Crippen LogP contribution is 2.30. The van der Waals surface area contributed by atoms with Crippen molar-refractivity contribution < 1.29 is 9.53 Å². The van der Waals surface area contributed by atoms with E-state index in [-0.39, 0.29) is 11.2 Å². The van der Waals surface area contributed by atoms with Crippen LogP contribution in [-0.4, -0.2) is 41.5 Å². The van der Waals surface area contributed by atoms with Gasteiger partial charge in [0.2, 0.25) is 0 Å². The number of morpholine rings is 1. The fraction of sp³-hybridized carbons (Fsp3) is 0.933. The molecule has 0 amide bonds. The van der Waals surface area contributed by atoms with Gasteiger partial charge in [-0.25, -0.2) is 0 Å². The van der Waals surface area contributed by atoms with Crippen molar-refractivity contribution >= 4 is 5.78 Å². The van der Waals surface area contributed by atoms with Crippen LogP contribution in [0.15, 0.2) is 0 Å². The van der Waals surface area contributed by atoms with Gasteiger partial charge in [0.05, 0.1) is 11.2 Å². The van der Waals surface area contributed by atoms with Crippen molar-refractivity contribution in [3.63, 3.8) is 0 Å². The molecule has 0 aromatic carbocycles. The lowest BCUT2D eigenvalue weighted by Crippen LogP contribution is -2.57. The predicted molar refractivity (Wildman–Crippen MR) is 72.6 cm³/mol. The lowest BCUT2D eigenvalue weighted by atomic mass is 9.97. The zero-order valence-electron chi connectivity index (χ0n) is 12.3. The van der Waals surface area contributed by atoms with Gasteiger partial charge in [-0.2, -0.15) is 0 Å². The van der Waals surface area contributed by atoms with Crippen molar-refractivity contribution in [1.82, 2.24) is 4.90 Å². The Morgan fingerprint density at radius 1 is 1.22 bits per heavy atom. The number of nitrogens with zero attached hydrogens (tertiary/aromatic N) is 1. The highest BCUT2D eigenvalue weighted by molar-refractivity contribution is 5.82. The van der Waals surface area contributed by atoms with Crippen LogP contribution in [0, 0.1) is 5.92 Å². The van der Waals surface area contributed by atoms with Crippen LogP contribution < -0.4 is 0 Å². The van der Waals surface area contributed by atoms with E-state index in [1.807, 2.05) is 0 Å². The molecule has 1 heterocycles. The summed E-state index contributed by atoms with van der Waals surface area (Å²) in [5.74, 6) is 0.820. The van der Waals surface area contributed by atoms with E-state index in [1.54, 1.807) is 0 Å². The fourth-order valence-corrected chi connectivity index (χ4v) is 3.64. The quantitative estimate of drug-likeness (QED) is 0.774. The third-order valence-electron chi connectivity index (χ3n) is 3.99. The Morgan fingerprint density at radius 2 is 1.83 bits per heavy atom. The lowest BCUT2D eigenvalue weighted by molar-refractivity contribution is -0.180. The maximum atomic E-state index is 11.7. The second kappa shape index (κ2) is 4.93. The maximum absolute atomic E-state index is 11.7. The summed E-state index contributed by atoms with van der Waals surface area (Å²) in [7, 11) is 0. The van der Waals surface area contributed by atoms with Crippen molar-refractivity contribution in [3.8, 4) is 0 Å². The van der Waals surface area contributed by atoms with E-state index in [4.69, 9.17) is 4.74 Å². The first-order valence-corrected chi connectivity index (χ1v) is 7.23. The number of carbonyl (C=O) groups excluding carboxylic acids is 1. The van der Waals surface area contributed by atoms with Gasteiger partial charge < -0.3 is 4.74 Å². The van der Waals surface area contributed by atoms with Crippen molar-refractivity contribution in [2.75, 3.05) is 19.6 Å². The molecule has 104 valence electrons. The number of ketones is 1. The Bertz CT molecular complexity index is 306. The second-order valence-corrected chi connectivity index (χ2v) is 7.18. The zero-order chi connectivity index (χ0) is 13.4. The fourth-order valence-electron chi connectivity index (χ4n) is 3.64. The SMILES string of the molecule is CC1(C)CN(CCC2CCCC2=O)CC(C)(C)O1. The Hall–Kier alpha value is -0.410. The van der Waals surface area contributed by atoms with E-state index < -0.39 is 0 Å². The van der Waals surface area contributed by atoms with Crippen molar-refractivity contribution in [2.45, 2.75) is 64.6 Å². The van der Waals surface area contributed by atoms with Crippen LogP contribution >= 0.6 is 0 Å². The summed E-state index contributed by atoms with van der Waals surface area (Å²) in [5.41, 5.74) is -0.164. The topological polar surface area (TPSA) is 29.5 Å². The number of rotatable bonds is 3. The molecular weight excluding hydrogens is 226 g/mol. The lowest BCUT2D eigenvalue weighted by Gasteiger charge is -2.47. The number of Topliss-reactive ketones (excluding diaryl/α,β-unsaturated/α-hetero) is 1. The molecule has 0 radical (unpaired) electrons. The summed E-state index contributed by atoms with van der Waals surface area (Å²) in [6, 6.07) is 0. The van der Waals surface area contributed by atoms with Gasteiger partial charge >= 0.3 is 0 Å². The third kappa shape index (κ3) is 3.55. The Labute approximate surface area is 111 Å². The first-order valence-electron chi connectivity index (χ1n) is 7.23. The molecule has 18 heavy (non-hydrogen) atoms. The zero-order valence-corrected chi connectivity index (χ0v) is 12.3. The van der Waals surface area contributed by atoms with Crippen LogP contribution in [-0.2, 0) is 9.53 Å². The Kier molecular flexibility index (Phi) is 3.84. The van der Waals surface area contributed by atoms with E-state index in [9.17, 15) is 4.79 Å². The van der Waals surface area contributed by atoms with Gasteiger partial charge in [0, 0.05) is 25.4 Å². The molecule has 2 fully saturated rings. The van der Waals surface area contributed by atoms with E-state index in [0.717, 1.165) is 45.3 Å². The summed E-state index contributed by atoms with van der Waals surface area (Å²) in [5, 5.41) is 0. The summed E-state index contributed by atoms with van der Waals surface area (Å²) in [4.78, 5) is 14.1. The standard InChI is InChI=1S/C15H27NO2/c1-14(2)10-16(11-15(3,4)18-14)9-8-12-6-5-7-13(12)17/h12H,5-11H2,1-4H3. The highest BCUT2D eigenvalue weighted by Gasteiger charge is 2.38. The van der Waals surface area contributed by atoms with Gasteiger partial charge in [0.25, 0.3) is 0 Å². The van der Waals surface area contributed by atoms with Gasteiger partial charge in [-0.3, -0.25) is 9.69 Å².